The normalized spacial score (nSPS) is 24.3. The minimum absolute atomic E-state index is 0.462. The molecule has 1 aromatic heterocycles. The van der Waals surface area contributed by atoms with Gasteiger partial charge in [0.15, 0.2) is 0 Å². The van der Waals surface area contributed by atoms with Crippen LogP contribution in [0.1, 0.15) is 60.4 Å². The molecular formula is C16H25NS. The van der Waals surface area contributed by atoms with Crippen molar-refractivity contribution in [3.63, 3.8) is 0 Å². The third kappa shape index (κ3) is 3.69. The van der Waals surface area contributed by atoms with Gasteiger partial charge in [-0.3, -0.25) is 0 Å². The van der Waals surface area contributed by atoms with Gasteiger partial charge >= 0.3 is 0 Å². The number of thiophene rings is 1. The Kier molecular flexibility index (Phi) is 5.02. The van der Waals surface area contributed by atoms with Crippen LogP contribution in [0.4, 0.5) is 0 Å². The molecule has 2 atom stereocenters. The van der Waals surface area contributed by atoms with Gasteiger partial charge in [-0.2, -0.15) is 0 Å². The molecule has 100 valence electrons. The number of aryl methyl sites for hydroxylation is 2. The molecule has 1 nitrogen and oxygen atoms in total. The Morgan fingerprint density at radius 3 is 2.83 bits per heavy atom. The van der Waals surface area contributed by atoms with E-state index < -0.39 is 0 Å². The molecule has 0 radical (unpaired) electrons. The monoisotopic (exact) mass is 263 g/mol. The molecule has 1 N–H and O–H groups in total. The highest BCUT2D eigenvalue weighted by molar-refractivity contribution is 7.12. The summed E-state index contributed by atoms with van der Waals surface area (Å²) in [7, 11) is 0. The molecule has 0 spiro atoms. The van der Waals surface area contributed by atoms with Crippen molar-refractivity contribution in [2.45, 2.75) is 65.0 Å². The molecule has 1 aliphatic rings. The van der Waals surface area contributed by atoms with Gasteiger partial charge in [-0.05, 0) is 51.7 Å². The van der Waals surface area contributed by atoms with Crippen LogP contribution in [0.5, 0.6) is 0 Å². The molecule has 0 fully saturated rings. The Hall–Kier alpha value is -0.600. The van der Waals surface area contributed by atoms with E-state index in [-0.39, 0.29) is 0 Å². The lowest BCUT2D eigenvalue weighted by molar-refractivity contribution is 0.461. The third-order valence-electron chi connectivity index (χ3n) is 3.76. The molecule has 18 heavy (non-hydrogen) atoms. The third-order valence-corrected chi connectivity index (χ3v) is 4.75. The first-order valence-electron chi connectivity index (χ1n) is 7.16. The van der Waals surface area contributed by atoms with E-state index in [9.17, 15) is 0 Å². The van der Waals surface area contributed by atoms with Crippen LogP contribution in [-0.4, -0.2) is 6.04 Å². The van der Waals surface area contributed by atoms with Crippen molar-refractivity contribution in [3.05, 3.63) is 33.5 Å². The van der Waals surface area contributed by atoms with E-state index in [1.807, 2.05) is 11.3 Å². The van der Waals surface area contributed by atoms with Crippen molar-refractivity contribution in [2.75, 3.05) is 0 Å². The van der Waals surface area contributed by atoms with E-state index in [0.717, 1.165) is 0 Å². The fraction of sp³-hybridized carbons (Fsp3) is 0.625. The van der Waals surface area contributed by atoms with Crippen LogP contribution in [0.2, 0.25) is 0 Å². The fourth-order valence-corrected chi connectivity index (χ4v) is 3.81. The SMILES string of the molecule is Cc1cc(C(C)NC2/C=C/CCCCC2)c(C)s1. The maximum absolute atomic E-state index is 3.78. The summed E-state index contributed by atoms with van der Waals surface area (Å²) in [5.41, 5.74) is 1.48. The van der Waals surface area contributed by atoms with Gasteiger partial charge in [0.25, 0.3) is 0 Å². The fourth-order valence-electron chi connectivity index (χ4n) is 2.79. The maximum atomic E-state index is 3.78. The van der Waals surface area contributed by atoms with Crippen LogP contribution in [0.15, 0.2) is 18.2 Å². The molecule has 2 heteroatoms. The Morgan fingerprint density at radius 2 is 2.11 bits per heavy atom. The molecule has 0 amide bonds. The van der Waals surface area contributed by atoms with Gasteiger partial charge in [-0.1, -0.05) is 25.0 Å². The summed E-state index contributed by atoms with van der Waals surface area (Å²) in [6.07, 6.45) is 11.4. The first kappa shape index (κ1) is 13.8. The predicted molar refractivity (Wildman–Crippen MR) is 81.4 cm³/mol. The smallest absolute Gasteiger partial charge is 0.0308 e. The van der Waals surface area contributed by atoms with Crippen LogP contribution in [0, 0.1) is 13.8 Å². The van der Waals surface area contributed by atoms with Crippen molar-refractivity contribution in [2.24, 2.45) is 0 Å². The second kappa shape index (κ2) is 6.53. The van der Waals surface area contributed by atoms with Crippen LogP contribution < -0.4 is 5.32 Å². The van der Waals surface area contributed by atoms with Gasteiger partial charge in [0.1, 0.15) is 0 Å². The minimum atomic E-state index is 0.462. The Balaban J connectivity index is 1.99. The van der Waals surface area contributed by atoms with Crippen LogP contribution in [0.25, 0.3) is 0 Å². The molecule has 2 unspecified atom stereocenters. The lowest BCUT2D eigenvalue weighted by Gasteiger charge is -2.22. The predicted octanol–water partition coefficient (Wildman–Crippen LogP) is 4.90. The van der Waals surface area contributed by atoms with Crippen molar-refractivity contribution < 1.29 is 0 Å². The summed E-state index contributed by atoms with van der Waals surface area (Å²) >= 11 is 1.91. The van der Waals surface area contributed by atoms with Crippen molar-refractivity contribution in [1.29, 1.82) is 0 Å². The summed E-state index contributed by atoms with van der Waals surface area (Å²) in [5.74, 6) is 0. The summed E-state index contributed by atoms with van der Waals surface area (Å²) in [5, 5.41) is 3.78. The number of nitrogens with one attached hydrogen (secondary N) is 1. The number of hydrogen-bond donors (Lipinski definition) is 1. The van der Waals surface area contributed by atoms with Gasteiger partial charge < -0.3 is 5.32 Å². The van der Waals surface area contributed by atoms with E-state index in [1.165, 1.54) is 47.4 Å². The lowest BCUT2D eigenvalue weighted by atomic mass is 10.0. The summed E-state index contributed by atoms with van der Waals surface area (Å²) in [6.45, 7) is 6.73. The van der Waals surface area contributed by atoms with E-state index in [0.29, 0.717) is 12.1 Å². The molecule has 2 rings (SSSR count). The van der Waals surface area contributed by atoms with Crippen LogP contribution in [-0.2, 0) is 0 Å². The van der Waals surface area contributed by atoms with E-state index in [4.69, 9.17) is 0 Å². The topological polar surface area (TPSA) is 12.0 Å². The van der Waals surface area contributed by atoms with Crippen LogP contribution >= 0.6 is 11.3 Å². The number of rotatable bonds is 3. The quantitative estimate of drug-likeness (QED) is 0.764. The zero-order valence-electron chi connectivity index (χ0n) is 11.8. The second-order valence-corrected chi connectivity index (χ2v) is 6.89. The van der Waals surface area contributed by atoms with Crippen molar-refractivity contribution >= 4 is 11.3 Å². The number of hydrogen-bond acceptors (Lipinski definition) is 2. The van der Waals surface area contributed by atoms with E-state index in [1.54, 1.807) is 0 Å². The largest absolute Gasteiger partial charge is 0.304 e. The molecule has 0 saturated carbocycles. The highest BCUT2D eigenvalue weighted by Crippen LogP contribution is 2.27. The standard InChI is InChI=1S/C16H25NS/c1-12-11-16(14(3)18-12)13(2)17-15-9-7-5-4-6-8-10-15/h7,9,11,13,15,17H,4-6,8,10H2,1-3H3/b9-7+. The zero-order valence-corrected chi connectivity index (χ0v) is 12.6. The Morgan fingerprint density at radius 1 is 1.28 bits per heavy atom. The van der Waals surface area contributed by atoms with Gasteiger partial charge in [0.05, 0.1) is 0 Å². The zero-order chi connectivity index (χ0) is 13.0. The lowest BCUT2D eigenvalue weighted by Crippen LogP contribution is -2.30. The molecule has 1 heterocycles. The van der Waals surface area contributed by atoms with Gasteiger partial charge in [-0.15, -0.1) is 11.3 Å². The first-order valence-corrected chi connectivity index (χ1v) is 7.98. The minimum Gasteiger partial charge on any atom is -0.304 e. The first-order chi connectivity index (χ1) is 8.66. The molecule has 0 bridgehead atoms. The molecule has 0 aliphatic heterocycles. The molecule has 1 aromatic rings. The summed E-state index contributed by atoms with van der Waals surface area (Å²) < 4.78 is 0. The highest BCUT2D eigenvalue weighted by atomic mass is 32.1. The molecule has 0 saturated heterocycles. The Bertz CT molecular complexity index is 405. The highest BCUT2D eigenvalue weighted by Gasteiger charge is 2.15. The Labute approximate surface area is 115 Å². The second-order valence-electron chi connectivity index (χ2n) is 5.43. The van der Waals surface area contributed by atoms with Crippen molar-refractivity contribution in [3.8, 4) is 0 Å². The molecular weight excluding hydrogens is 238 g/mol. The van der Waals surface area contributed by atoms with Crippen LogP contribution in [0.3, 0.4) is 0 Å². The van der Waals surface area contributed by atoms with E-state index in [2.05, 4.69) is 44.3 Å². The van der Waals surface area contributed by atoms with Crippen molar-refractivity contribution in [1.82, 2.24) is 5.32 Å². The molecule has 0 aromatic carbocycles. The van der Waals surface area contributed by atoms with Gasteiger partial charge in [0.2, 0.25) is 0 Å². The van der Waals surface area contributed by atoms with Gasteiger partial charge in [-0.25, -0.2) is 0 Å². The maximum Gasteiger partial charge on any atom is 0.0308 e. The van der Waals surface area contributed by atoms with Gasteiger partial charge in [0, 0.05) is 21.8 Å². The number of allylic oxidation sites excluding steroid dienone is 1. The van der Waals surface area contributed by atoms with E-state index >= 15 is 0 Å². The summed E-state index contributed by atoms with van der Waals surface area (Å²) in [6, 6.07) is 3.36. The molecule has 1 aliphatic carbocycles. The summed E-state index contributed by atoms with van der Waals surface area (Å²) in [4.78, 5) is 2.88. The average Bonchev–Trinajstić information content (AvgIpc) is 2.61. The average molecular weight is 263 g/mol.